The second-order valence-corrected chi connectivity index (χ2v) is 3.33. The number of aliphatic hydroxyl groups excluding tert-OH is 1. The lowest BCUT2D eigenvalue weighted by Gasteiger charge is -2.18. The maximum atomic E-state index is 9.45. The molecule has 1 aromatic rings. The molecular formula is C9H14N2O. The maximum absolute atomic E-state index is 9.45. The number of rotatable bonds is 1. The van der Waals surface area contributed by atoms with E-state index < -0.39 is 0 Å². The molecule has 0 aromatic carbocycles. The van der Waals surface area contributed by atoms with Crippen LogP contribution in [0.1, 0.15) is 24.6 Å². The molecule has 0 saturated carbocycles. The molecule has 1 aromatic heterocycles. The van der Waals surface area contributed by atoms with E-state index in [4.69, 9.17) is 0 Å². The van der Waals surface area contributed by atoms with Gasteiger partial charge in [-0.05, 0) is 25.3 Å². The summed E-state index contributed by atoms with van der Waals surface area (Å²) in [7, 11) is 0. The summed E-state index contributed by atoms with van der Waals surface area (Å²) < 4.78 is 1.98. The van der Waals surface area contributed by atoms with Gasteiger partial charge in [-0.2, -0.15) is 5.10 Å². The van der Waals surface area contributed by atoms with Crippen molar-refractivity contribution in [2.24, 2.45) is 0 Å². The first-order valence-electron chi connectivity index (χ1n) is 4.53. The summed E-state index contributed by atoms with van der Waals surface area (Å²) in [4.78, 5) is 0. The molecule has 12 heavy (non-hydrogen) atoms. The molecule has 0 amide bonds. The van der Waals surface area contributed by atoms with Crippen LogP contribution in [0.5, 0.6) is 0 Å². The van der Waals surface area contributed by atoms with E-state index in [1.165, 1.54) is 11.3 Å². The monoisotopic (exact) mass is 166 g/mol. The molecule has 0 spiro atoms. The van der Waals surface area contributed by atoms with E-state index in [1.807, 2.05) is 10.9 Å². The second kappa shape index (κ2) is 2.90. The molecule has 3 nitrogen and oxygen atoms in total. The second-order valence-electron chi connectivity index (χ2n) is 3.33. The summed E-state index contributed by atoms with van der Waals surface area (Å²) in [5, 5.41) is 13.7. The summed E-state index contributed by atoms with van der Waals surface area (Å²) in [6.07, 6.45) is 4.44. The highest BCUT2D eigenvalue weighted by molar-refractivity contribution is 5.21. The van der Waals surface area contributed by atoms with Crippen LogP contribution in [0.2, 0.25) is 0 Å². The molecule has 1 atom stereocenters. The van der Waals surface area contributed by atoms with Crippen LogP contribution in [0.15, 0.2) is 6.20 Å². The van der Waals surface area contributed by atoms with Crippen LogP contribution < -0.4 is 0 Å². The smallest absolute Gasteiger partial charge is 0.0598 e. The van der Waals surface area contributed by atoms with Gasteiger partial charge >= 0.3 is 0 Å². The Kier molecular flexibility index (Phi) is 1.89. The fourth-order valence-electron chi connectivity index (χ4n) is 1.81. The lowest BCUT2D eigenvalue weighted by Crippen LogP contribution is -2.20. The van der Waals surface area contributed by atoms with Gasteiger partial charge in [-0.15, -0.1) is 0 Å². The van der Waals surface area contributed by atoms with Gasteiger partial charge in [0.2, 0.25) is 0 Å². The predicted octanol–water partition coefficient (Wildman–Crippen LogP) is 0.753. The zero-order valence-electron chi connectivity index (χ0n) is 7.32. The molecule has 1 aliphatic carbocycles. The molecule has 0 saturated heterocycles. The van der Waals surface area contributed by atoms with Crippen molar-refractivity contribution >= 4 is 0 Å². The average Bonchev–Trinajstić information content (AvgIpc) is 2.46. The largest absolute Gasteiger partial charge is 0.393 e. The molecule has 0 aliphatic heterocycles. The summed E-state index contributed by atoms with van der Waals surface area (Å²) in [6, 6.07) is 0. The third-order valence-corrected chi connectivity index (χ3v) is 2.51. The van der Waals surface area contributed by atoms with Crippen LogP contribution >= 0.6 is 0 Å². The van der Waals surface area contributed by atoms with Crippen molar-refractivity contribution in [3.05, 3.63) is 17.5 Å². The molecule has 0 bridgehead atoms. The van der Waals surface area contributed by atoms with Gasteiger partial charge < -0.3 is 5.11 Å². The highest BCUT2D eigenvalue weighted by Crippen LogP contribution is 2.20. The number of hydrogen-bond acceptors (Lipinski definition) is 2. The Labute approximate surface area is 72.0 Å². The van der Waals surface area contributed by atoms with Gasteiger partial charge in [0.25, 0.3) is 0 Å². The Bertz CT molecular complexity index is 267. The van der Waals surface area contributed by atoms with Gasteiger partial charge in [0, 0.05) is 18.7 Å². The fourth-order valence-corrected chi connectivity index (χ4v) is 1.81. The average molecular weight is 166 g/mol. The van der Waals surface area contributed by atoms with Gasteiger partial charge in [0.15, 0.2) is 0 Å². The summed E-state index contributed by atoms with van der Waals surface area (Å²) in [5.74, 6) is 0. The zero-order valence-corrected chi connectivity index (χ0v) is 7.32. The van der Waals surface area contributed by atoms with Gasteiger partial charge in [0.1, 0.15) is 0 Å². The van der Waals surface area contributed by atoms with Crippen molar-refractivity contribution in [3.8, 4) is 0 Å². The van der Waals surface area contributed by atoms with Crippen molar-refractivity contribution < 1.29 is 5.11 Å². The minimum absolute atomic E-state index is 0.153. The van der Waals surface area contributed by atoms with E-state index in [1.54, 1.807) is 0 Å². The molecule has 3 heteroatoms. The molecule has 0 radical (unpaired) electrons. The summed E-state index contributed by atoms with van der Waals surface area (Å²) >= 11 is 0. The standard InChI is InChI=1S/C9H14N2O/c1-2-11-9-5-8(12)4-3-7(9)6-10-11/h6,8,12H,2-5H2,1H3. The minimum Gasteiger partial charge on any atom is -0.393 e. The Morgan fingerprint density at radius 1 is 1.75 bits per heavy atom. The van der Waals surface area contributed by atoms with Crippen molar-refractivity contribution in [3.63, 3.8) is 0 Å². The highest BCUT2D eigenvalue weighted by Gasteiger charge is 2.19. The zero-order chi connectivity index (χ0) is 8.55. The minimum atomic E-state index is -0.153. The number of aryl methyl sites for hydroxylation is 2. The predicted molar refractivity (Wildman–Crippen MR) is 45.9 cm³/mol. The Hall–Kier alpha value is -0.830. The lowest BCUT2D eigenvalue weighted by atomic mass is 9.96. The van der Waals surface area contributed by atoms with Crippen molar-refractivity contribution in [2.75, 3.05) is 0 Å². The number of fused-ring (bicyclic) bond motifs is 1. The Balaban J connectivity index is 2.34. The lowest BCUT2D eigenvalue weighted by molar-refractivity contribution is 0.155. The van der Waals surface area contributed by atoms with E-state index in [2.05, 4.69) is 12.0 Å². The van der Waals surface area contributed by atoms with Gasteiger partial charge in [-0.1, -0.05) is 0 Å². The van der Waals surface area contributed by atoms with E-state index in [-0.39, 0.29) is 6.10 Å². The van der Waals surface area contributed by atoms with Crippen LogP contribution in [-0.2, 0) is 19.4 Å². The molecular weight excluding hydrogens is 152 g/mol. The Morgan fingerprint density at radius 3 is 3.33 bits per heavy atom. The SMILES string of the molecule is CCn1ncc2c1CC(O)CC2. The Morgan fingerprint density at radius 2 is 2.58 bits per heavy atom. The number of aromatic nitrogens is 2. The first-order chi connectivity index (χ1) is 5.81. The molecule has 66 valence electrons. The molecule has 1 aliphatic rings. The maximum Gasteiger partial charge on any atom is 0.0598 e. The summed E-state index contributed by atoms with van der Waals surface area (Å²) in [5.41, 5.74) is 2.55. The molecule has 2 rings (SSSR count). The van der Waals surface area contributed by atoms with Crippen LogP contribution in [0.25, 0.3) is 0 Å². The van der Waals surface area contributed by atoms with Crippen molar-refractivity contribution in [2.45, 2.75) is 38.8 Å². The number of aliphatic hydroxyl groups is 1. The first kappa shape index (κ1) is 7.80. The van der Waals surface area contributed by atoms with E-state index >= 15 is 0 Å². The fraction of sp³-hybridized carbons (Fsp3) is 0.667. The van der Waals surface area contributed by atoms with Crippen LogP contribution in [-0.4, -0.2) is 21.0 Å². The van der Waals surface area contributed by atoms with Gasteiger partial charge in [-0.3, -0.25) is 4.68 Å². The number of nitrogens with zero attached hydrogens (tertiary/aromatic N) is 2. The van der Waals surface area contributed by atoms with Crippen LogP contribution in [0.3, 0.4) is 0 Å². The topological polar surface area (TPSA) is 38.0 Å². The highest BCUT2D eigenvalue weighted by atomic mass is 16.3. The van der Waals surface area contributed by atoms with E-state index in [0.29, 0.717) is 0 Å². The molecule has 1 N–H and O–H groups in total. The first-order valence-corrected chi connectivity index (χ1v) is 4.53. The van der Waals surface area contributed by atoms with Crippen LogP contribution in [0.4, 0.5) is 0 Å². The van der Waals surface area contributed by atoms with Crippen molar-refractivity contribution in [1.29, 1.82) is 0 Å². The quantitative estimate of drug-likeness (QED) is 0.668. The third kappa shape index (κ3) is 1.14. The number of hydrogen-bond donors (Lipinski definition) is 1. The van der Waals surface area contributed by atoms with Gasteiger partial charge in [0.05, 0.1) is 12.3 Å². The van der Waals surface area contributed by atoms with Crippen molar-refractivity contribution in [1.82, 2.24) is 9.78 Å². The molecule has 0 fully saturated rings. The van der Waals surface area contributed by atoms with E-state index in [9.17, 15) is 5.11 Å². The van der Waals surface area contributed by atoms with Crippen LogP contribution in [0, 0.1) is 0 Å². The molecule has 1 heterocycles. The summed E-state index contributed by atoms with van der Waals surface area (Å²) in [6.45, 7) is 2.98. The normalized spacial score (nSPS) is 22.3. The van der Waals surface area contributed by atoms with E-state index in [0.717, 1.165) is 25.8 Å². The van der Waals surface area contributed by atoms with Gasteiger partial charge in [-0.25, -0.2) is 0 Å². The molecule has 1 unspecified atom stereocenters. The third-order valence-electron chi connectivity index (χ3n) is 2.51.